The van der Waals surface area contributed by atoms with Crippen molar-refractivity contribution in [2.24, 2.45) is 0 Å². The summed E-state index contributed by atoms with van der Waals surface area (Å²) in [5.41, 5.74) is 1.03. The maximum atomic E-state index is 9.93. The molecule has 1 fully saturated rings. The highest BCUT2D eigenvalue weighted by molar-refractivity contribution is 5.16. The van der Waals surface area contributed by atoms with Crippen molar-refractivity contribution in [2.45, 2.75) is 51.2 Å². The van der Waals surface area contributed by atoms with Crippen LogP contribution in [0.25, 0.3) is 0 Å². The van der Waals surface area contributed by atoms with E-state index in [0.29, 0.717) is 11.9 Å². The molecular formula is C13H20O3. The molecule has 0 aromatic carbocycles. The summed E-state index contributed by atoms with van der Waals surface area (Å²) in [5.74, 6) is 0.715. The van der Waals surface area contributed by atoms with Crippen molar-refractivity contribution in [1.82, 2.24) is 0 Å². The van der Waals surface area contributed by atoms with Gasteiger partial charge >= 0.3 is 0 Å². The van der Waals surface area contributed by atoms with Gasteiger partial charge in [0.15, 0.2) is 0 Å². The van der Waals surface area contributed by atoms with Gasteiger partial charge in [-0.25, -0.2) is 0 Å². The molecule has 2 heterocycles. The first-order chi connectivity index (χ1) is 7.77. The van der Waals surface area contributed by atoms with Crippen LogP contribution in [0.15, 0.2) is 16.7 Å². The predicted octanol–water partition coefficient (Wildman–Crippen LogP) is 2.97. The van der Waals surface area contributed by atoms with Gasteiger partial charge in [0.05, 0.1) is 12.4 Å². The quantitative estimate of drug-likeness (QED) is 0.836. The number of hydrogen-bond acceptors (Lipinski definition) is 3. The molecule has 1 aliphatic heterocycles. The second-order valence-corrected chi connectivity index (χ2v) is 4.55. The molecule has 1 saturated heterocycles. The Morgan fingerprint density at radius 3 is 3.06 bits per heavy atom. The number of furan rings is 1. The smallest absolute Gasteiger partial charge is 0.135 e. The molecule has 0 aliphatic carbocycles. The SMILES string of the molecule is Cc1ccoc1C(O)CCCC1CCCO1. The van der Waals surface area contributed by atoms with Crippen LogP contribution in [0.4, 0.5) is 0 Å². The van der Waals surface area contributed by atoms with E-state index in [2.05, 4.69) is 0 Å². The van der Waals surface area contributed by atoms with Gasteiger partial charge in [-0.3, -0.25) is 0 Å². The Bertz CT molecular complexity index is 313. The van der Waals surface area contributed by atoms with E-state index in [1.807, 2.05) is 13.0 Å². The van der Waals surface area contributed by atoms with Crippen molar-refractivity contribution in [3.63, 3.8) is 0 Å². The zero-order valence-corrected chi connectivity index (χ0v) is 9.82. The van der Waals surface area contributed by atoms with Gasteiger partial charge in [-0.05, 0) is 50.7 Å². The number of aryl methyl sites for hydroxylation is 1. The van der Waals surface area contributed by atoms with Crippen LogP contribution in [0.5, 0.6) is 0 Å². The standard InChI is InChI=1S/C13H20O3/c1-10-7-9-16-13(10)12(14)6-2-4-11-5-3-8-15-11/h7,9,11-12,14H,2-6,8H2,1H3. The summed E-state index contributed by atoms with van der Waals surface area (Å²) in [4.78, 5) is 0. The van der Waals surface area contributed by atoms with Crippen LogP contribution in [0.3, 0.4) is 0 Å². The van der Waals surface area contributed by atoms with Crippen molar-refractivity contribution in [1.29, 1.82) is 0 Å². The molecule has 1 aliphatic rings. The lowest BCUT2D eigenvalue weighted by Gasteiger charge is -2.11. The van der Waals surface area contributed by atoms with Gasteiger partial charge in [0, 0.05) is 6.61 Å². The highest BCUT2D eigenvalue weighted by Crippen LogP contribution is 2.25. The molecule has 1 aromatic heterocycles. The van der Waals surface area contributed by atoms with Crippen LogP contribution in [0.2, 0.25) is 0 Å². The van der Waals surface area contributed by atoms with E-state index in [-0.39, 0.29) is 0 Å². The number of aliphatic hydroxyl groups is 1. The lowest BCUT2D eigenvalue weighted by atomic mass is 10.0. The zero-order valence-electron chi connectivity index (χ0n) is 9.82. The van der Waals surface area contributed by atoms with Gasteiger partial charge in [-0.15, -0.1) is 0 Å². The molecule has 0 bridgehead atoms. The third kappa shape index (κ3) is 2.86. The molecule has 2 rings (SSSR count). The van der Waals surface area contributed by atoms with Crippen LogP contribution in [-0.2, 0) is 4.74 Å². The summed E-state index contributed by atoms with van der Waals surface area (Å²) < 4.78 is 10.8. The van der Waals surface area contributed by atoms with Crippen molar-refractivity contribution < 1.29 is 14.3 Å². The molecule has 0 spiro atoms. The Kier molecular flexibility index (Phi) is 4.02. The van der Waals surface area contributed by atoms with Gasteiger partial charge in [-0.2, -0.15) is 0 Å². The number of hydrogen-bond donors (Lipinski definition) is 1. The Balaban J connectivity index is 1.71. The fraction of sp³-hybridized carbons (Fsp3) is 0.692. The lowest BCUT2D eigenvalue weighted by Crippen LogP contribution is -2.06. The Morgan fingerprint density at radius 1 is 1.56 bits per heavy atom. The maximum Gasteiger partial charge on any atom is 0.135 e. The van der Waals surface area contributed by atoms with Crippen LogP contribution < -0.4 is 0 Å². The van der Waals surface area contributed by atoms with E-state index in [9.17, 15) is 5.11 Å². The summed E-state index contributed by atoms with van der Waals surface area (Å²) >= 11 is 0. The average molecular weight is 224 g/mol. The minimum Gasteiger partial charge on any atom is -0.466 e. The Morgan fingerprint density at radius 2 is 2.44 bits per heavy atom. The summed E-state index contributed by atoms with van der Waals surface area (Å²) in [6, 6.07) is 1.89. The Labute approximate surface area is 96.4 Å². The predicted molar refractivity (Wildman–Crippen MR) is 61.2 cm³/mol. The summed E-state index contributed by atoms with van der Waals surface area (Å²) in [7, 11) is 0. The topological polar surface area (TPSA) is 42.6 Å². The van der Waals surface area contributed by atoms with Crippen molar-refractivity contribution in [2.75, 3.05) is 6.61 Å². The van der Waals surface area contributed by atoms with E-state index in [0.717, 1.165) is 31.4 Å². The van der Waals surface area contributed by atoms with Crippen molar-refractivity contribution >= 4 is 0 Å². The van der Waals surface area contributed by atoms with Gasteiger partial charge in [0.2, 0.25) is 0 Å². The molecule has 2 atom stereocenters. The third-order valence-electron chi connectivity index (χ3n) is 3.23. The first kappa shape index (κ1) is 11.7. The molecule has 0 amide bonds. The summed E-state index contributed by atoms with van der Waals surface area (Å²) in [6.45, 7) is 2.87. The maximum absolute atomic E-state index is 9.93. The van der Waals surface area contributed by atoms with Crippen LogP contribution in [0, 0.1) is 6.92 Å². The minimum absolute atomic E-state index is 0.421. The normalized spacial score (nSPS) is 22.5. The molecule has 1 N–H and O–H groups in total. The van der Waals surface area contributed by atoms with E-state index in [1.165, 1.54) is 12.8 Å². The van der Waals surface area contributed by atoms with Crippen LogP contribution >= 0.6 is 0 Å². The Hall–Kier alpha value is -0.800. The molecule has 1 aromatic rings. The van der Waals surface area contributed by atoms with Crippen molar-refractivity contribution in [3.05, 3.63) is 23.7 Å². The molecule has 90 valence electrons. The van der Waals surface area contributed by atoms with E-state index < -0.39 is 6.10 Å². The number of rotatable bonds is 5. The highest BCUT2D eigenvalue weighted by Gasteiger charge is 2.17. The van der Waals surface area contributed by atoms with Gasteiger partial charge in [-0.1, -0.05) is 0 Å². The fourth-order valence-electron chi connectivity index (χ4n) is 2.27. The monoisotopic (exact) mass is 224 g/mol. The number of aliphatic hydroxyl groups excluding tert-OH is 1. The molecule has 3 nitrogen and oxygen atoms in total. The first-order valence-corrected chi connectivity index (χ1v) is 6.11. The molecule has 16 heavy (non-hydrogen) atoms. The van der Waals surface area contributed by atoms with Gasteiger partial charge in [0.1, 0.15) is 11.9 Å². The molecule has 0 radical (unpaired) electrons. The summed E-state index contributed by atoms with van der Waals surface area (Å²) in [5, 5.41) is 9.93. The highest BCUT2D eigenvalue weighted by atomic mass is 16.5. The summed E-state index contributed by atoms with van der Waals surface area (Å²) in [6.07, 6.45) is 6.76. The molecular weight excluding hydrogens is 204 g/mol. The molecule has 2 unspecified atom stereocenters. The number of ether oxygens (including phenoxy) is 1. The van der Waals surface area contributed by atoms with Gasteiger partial charge < -0.3 is 14.3 Å². The lowest BCUT2D eigenvalue weighted by molar-refractivity contribution is 0.0906. The zero-order chi connectivity index (χ0) is 11.4. The second-order valence-electron chi connectivity index (χ2n) is 4.55. The third-order valence-corrected chi connectivity index (χ3v) is 3.23. The second kappa shape index (κ2) is 5.51. The first-order valence-electron chi connectivity index (χ1n) is 6.11. The molecule has 3 heteroatoms. The van der Waals surface area contributed by atoms with E-state index >= 15 is 0 Å². The van der Waals surface area contributed by atoms with Gasteiger partial charge in [0.25, 0.3) is 0 Å². The fourth-order valence-corrected chi connectivity index (χ4v) is 2.27. The minimum atomic E-state index is -0.462. The molecule has 0 saturated carbocycles. The van der Waals surface area contributed by atoms with E-state index in [1.54, 1.807) is 6.26 Å². The van der Waals surface area contributed by atoms with Crippen LogP contribution in [-0.4, -0.2) is 17.8 Å². The largest absolute Gasteiger partial charge is 0.466 e. The van der Waals surface area contributed by atoms with E-state index in [4.69, 9.17) is 9.15 Å². The average Bonchev–Trinajstić information content (AvgIpc) is 2.88. The van der Waals surface area contributed by atoms with Crippen molar-refractivity contribution in [3.8, 4) is 0 Å². The van der Waals surface area contributed by atoms with Crippen LogP contribution in [0.1, 0.15) is 49.5 Å².